The smallest absolute Gasteiger partial charge is 0.245 e. The zero-order valence-corrected chi connectivity index (χ0v) is 12.6. The Morgan fingerprint density at radius 2 is 2.25 bits per heavy atom. The molecule has 0 atom stereocenters. The van der Waals surface area contributed by atoms with Crippen LogP contribution in [0.1, 0.15) is 32.1 Å². The number of carbonyl (C=O) groups excluding carboxylic acids is 1. The Kier molecular flexibility index (Phi) is 6.45. The maximum Gasteiger partial charge on any atom is 0.245 e. The Bertz CT molecular complexity index is 430. The molecule has 0 bridgehead atoms. The summed E-state index contributed by atoms with van der Waals surface area (Å²) in [6.07, 6.45) is 6.31. The third-order valence-corrected chi connectivity index (χ3v) is 3.57. The fourth-order valence-electron chi connectivity index (χ4n) is 2.40. The van der Waals surface area contributed by atoms with E-state index in [1.54, 1.807) is 17.9 Å². The highest BCUT2D eigenvalue weighted by molar-refractivity contribution is 5.97. The predicted molar refractivity (Wildman–Crippen MR) is 80.0 cm³/mol. The lowest BCUT2D eigenvalue weighted by Gasteiger charge is -2.21. The molecule has 3 N–H and O–H groups in total. The summed E-state index contributed by atoms with van der Waals surface area (Å²) in [5.74, 6) is 0.450. The summed E-state index contributed by atoms with van der Waals surface area (Å²) in [4.78, 5) is 12.1. The molecule has 7 heteroatoms. The van der Waals surface area contributed by atoms with Gasteiger partial charge in [0.2, 0.25) is 5.91 Å². The molecule has 20 heavy (non-hydrogen) atoms. The zero-order valence-electron chi connectivity index (χ0n) is 11.8. The first-order valence-corrected chi connectivity index (χ1v) is 6.77. The monoisotopic (exact) mass is 302 g/mol. The lowest BCUT2D eigenvalue weighted by molar-refractivity contribution is -0.121. The largest absolute Gasteiger partial charge is 0.385 e. The van der Waals surface area contributed by atoms with Crippen LogP contribution in [-0.2, 0) is 16.1 Å². The van der Waals surface area contributed by atoms with E-state index in [1.165, 1.54) is 0 Å². The van der Waals surface area contributed by atoms with Gasteiger partial charge in [0.25, 0.3) is 0 Å². The molecule has 1 aromatic rings. The van der Waals surface area contributed by atoms with Gasteiger partial charge in [0, 0.05) is 32.5 Å². The van der Waals surface area contributed by atoms with Gasteiger partial charge in [-0.05, 0) is 19.3 Å². The first-order valence-electron chi connectivity index (χ1n) is 6.77. The van der Waals surface area contributed by atoms with Crippen LogP contribution in [0, 0.1) is 0 Å². The van der Waals surface area contributed by atoms with Crippen LogP contribution in [-0.4, -0.2) is 34.9 Å². The molecule has 1 fully saturated rings. The normalized spacial score (nSPS) is 16.7. The molecule has 2 rings (SSSR count). The molecule has 0 spiro atoms. The molecule has 1 heterocycles. The van der Waals surface area contributed by atoms with Crippen molar-refractivity contribution in [1.29, 1.82) is 0 Å². The van der Waals surface area contributed by atoms with Crippen molar-refractivity contribution in [2.45, 2.75) is 44.2 Å². The summed E-state index contributed by atoms with van der Waals surface area (Å²) >= 11 is 0. The number of carbonyl (C=O) groups is 1. The summed E-state index contributed by atoms with van der Waals surface area (Å²) in [7, 11) is 1.68. The molecule has 0 unspecified atom stereocenters. The number of nitrogens with zero attached hydrogens (tertiary/aromatic N) is 2. The molecule has 0 aromatic carbocycles. The van der Waals surface area contributed by atoms with E-state index in [9.17, 15) is 4.79 Å². The summed E-state index contributed by atoms with van der Waals surface area (Å²) in [6.45, 7) is 1.48. The van der Waals surface area contributed by atoms with Crippen LogP contribution in [0.5, 0.6) is 0 Å². The molecular formula is C13H23ClN4O2. The number of hydrogen-bond acceptors (Lipinski definition) is 4. The SMILES string of the molecule is COCCCn1ccc(NC(=O)C2(N)CCCC2)n1.Cl. The van der Waals surface area contributed by atoms with Crippen molar-refractivity contribution in [3.05, 3.63) is 12.3 Å². The number of ether oxygens (including phenoxy) is 1. The van der Waals surface area contributed by atoms with Gasteiger partial charge in [0.1, 0.15) is 0 Å². The number of aryl methyl sites for hydroxylation is 1. The minimum Gasteiger partial charge on any atom is -0.385 e. The van der Waals surface area contributed by atoms with Gasteiger partial charge in [-0.1, -0.05) is 12.8 Å². The minimum absolute atomic E-state index is 0. The van der Waals surface area contributed by atoms with Crippen molar-refractivity contribution in [3.8, 4) is 0 Å². The highest BCUT2D eigenvalue weighted by Gasteiger charge is 2.37. The van der Waals surface area contributed by atoms with Crippen LogP contribution in [0.3, 0.4) is 0 Å². The van der Waals surface area contributed by atoms with Gasteiger partial charge in [-0.2, -0.15) is 5.10 Å². The number of rotatable bonds is 6. The van der Waals surface area contributed by atoms with E-state index >= 15 is 0 Å². The number of nitrogens with one attached hydrogen (secondary N) is 1. The highest BCUT2D eigenvalue weighted by Crippen LogP contribution is 2.28. The third-order valence-electron chi connectivity index (χ3n) is 3.57. The summed E-state index contributed by atoms with van der Waals surface area (Å²) in [5.41, 5.74) is 5.38. The fourth-order valence-corrected chi connectivity index (χ4v) is 2.40. The molecule has 0 aliphatic heterocycles. The summed E-state index contributed by atoms with van der Waals surface area (Å²) < 4.78 is 6.79. The molecule has 1 amide bonds. The van der Waals surface area contributed by atoms with Gasteiger partial charge in [-0.25, -0.2) is 0 Å². The average Bonchev–Trinajstić information content (AvgIpc) is 3.00. The summed E-state index contributed by atoms with van der Waals surface area (Å²) in [5, 5.41) is 7.11. The Balaban J connectivity index is 0.00000200. The number of amides is 1. The van der Waals surface area contributed by atoms with Crippen LogP contribution in [0.25, 0.3) is 0 Å². The van der Waals surface area contributed by atoms with E-state index in [1.807, 2.05) is 6.20 Å². The fraction of sp³-hybridized carbons (Fsp3) is 0.692. The van der Waals surface area contributed by atoms with Crippen LogP contribution in [0.4, 0.5) is 5.82 Å². The van der Waals surface area contributed by atoms with Gasteiger partial charge in [0.15, 0.2) is 5.82 Å². The van der Waals surface area contributed by atoms with Gasteiger partial charge < -0.3 is 15.8 Å². The second-order valence-electron chi connectivity index (χ2n) is 5.13. The zero-order chi connectivity index (χ0) is 13.7. The Morgan fingerprint density at radius 1 is 1.55 bits per heavy atom. The second kappa shape index (κ2) is 7.61. The number of nitrogens with two attached hydrogens (primary N) is 1. The number of methoxy groups -OCH3 is 1. The van der Waals surface area contributed by atoms with Crippen LogP contribution >= 0.6 is 12.4 Å². The lowest BCUT2D eigenvalue weighted by atomic mass is 9.98. The second-order valence-corrected chi connectivity index (χ2v) is 5.13. The van der Waals surface area contributed by atoms with E-state index in [4.69, 9.17) is 10.5 Å². The van der Waals surface area contributed by atoms with Crippen molar-refractivity contribution in [3.63, 3.8) is 0 Å². The molecule has 6 nitrogen and oxygen atoms in total. The van der Waals surface area contributed by atoms with E-state index < -0.39 is 5.54 Å². The predicted octanol–water partition coefficient (Wildman–Crippen LogP) is 1.55. The average molecular weight is 303 g/mol. The Morgan fingerprint density at radius 3 is 2.90 bits per heavy atom. The van der Waals surface area contributed by atoms with E-state index in [2.05, 4.69) is 10.4 Å². The highest BCUT2D eigenvalue weighted by atomic mass is 35.5. The van der Waals surface area contributed by atoms with E-state index in [0.717, 1.165) is 38.6 Å². The Hall–Kier alpha value is -1.11. The van der Waals surface area contributed by atoms with E-state index in [0.29, 0.717) is 12.4 Å². The van der Waals surface area contributed by atoms with Crippen LogP contribution in [0.2, 0.25) is 0 Å². The minimum atomic E-state index is -0.709. The Labute approximate surface area is 125 Å². The maximum absolute atomic E-state index is 12.1. The van der Waals surface area contributed by atoms with Gasteiger partial charge >= 0.3 is 0 Å². The maximum atomic E-state index is 12.1. The molecule has 114 valence electrons. The van der Waals surface area contributed by atoms with Gasteiger partial charge in [0.05, 0.1) is 5.54 Å². The molecule has 1 saturated carbocycles. The van der Waals surface area contributed by atoms with Crippen molar-refractivity contribution in [2.24, 2.45) is 5.73 Å². The molecular weight excluding hydrogens is 280 g/mol. The summed E-state index contributed by atoms with van der Waals surface area (Å²) in [6, 6.07) is 1.79. The topological polar surface area (TPSA) is 82.2 Å². The van der Waals surface area contributed by atoms with Crippen LogP contribution < -0.4 is 11.1 Å². The molecule has 1 aliphatic carbocycles. The van der Waals surface area contributed by atoms with E-state index in [-0.39, 0.29) is 18.3 Å². The number of halogens is 1. The third kappa shape index (κ3) is 4.19. The first kappa shape index (κ1) is 16.9. The first-order chi connectivity index (χ1) is 9.14. The number of aromatic nitrogens is 2. The number of anilines is 1. The van der Waals surface area contributed by atoms with Crippen molar-refractivity contribution >= 4 is 24.1 Å². The van der Waals surface area contributed by atoms with Crippen molar-refractivity contribution < 1.29 is 9.53 Å². The molecule has 1 aliphatic rings. The standard InChI is InChI=1S/C13H22N4O2.ClH/c1-19-10-4-8-17-9-5-11(16-17)15-12(18)13(14)6-2-3-7-13;/h5,9H,2-4,6-8,10,14H2,1H3,(H,15,16,18);1H. The van der Waals surface area contributed by atoms with Gasteiger partial charge in [-0.3, -0.25) is 9.48 Å². The quantitative estimate of drug-likeness (QED) is 0.781. The molecule has 1 aromatic heterocycles. The van der Waals surface area contributed by atoms with Crippen molar-refractivity contribution in [2.75, 3.05) is 19.0 Å². The molecule has 0 saturated heterocycles. The van der Waals surface area contributed by atoms with Gasteiger partial charge in [-0.15, -0.1) is 12.4 Å². The van der Waals surface area contributed by atoms with Crippen LogP contribution in [0.15, 0.2) is 12.3 Å². The lowest BCUT2D eigenvalue weighted by Crippen LogP contribution is -2.48. The molecule has 0 radical (unpaired) electrons. The number of hydrogen-bond donors (Lipinski definition) is 2. The van der Waals surface area contributed by atoms with Crippen molar-refractivity contribution in [1.82, 2.24) is 9.78 Å².